The van der Waals surface area contributed by atoms with Crippen LogP contribution in [0.4, 0.5) is 0 Å². The topological polar surface area (TPSA) is 43.6 Å². The summed E-state index contributed by atoms with van der Waals surface area (Å²) in [7, 11) is 0. The highest BCUT2D eigenvalue weighted by molar-refractivity contribution is 7.99. The summed E-state index contributed by atoms with van der Waals surface area (Å²) in [5.74, 6) is 0. The smallest absolute Gasteiger partial charge is 0.187 e. The number of benzene rings is 2. The molecule has 0 fully saturated rings. The summed E-state index contributed by atoms with van der Waals surface area (Å²) < 4.78 is 1.77. The maximum Gasteiger partial charge on any atom is 0.214 e. The first kappa shape index (κ1) is 15.1. The second-order valence-electron chi connectivity index (χ2n) is 4.94. The fourth-order valence-corrected chi connectivity index (χ4v) is 3.56. The van der Waals surface area contributed by atoms with Gasteiger partial charge in [0.2, 0.25) is 5.16 Å². The van der Waals surface area contributed by atoms with Gasteiger partial charge < -0.3 is 0 Å². The maximum absolute atomic E-state index is 6.27. The number of halogens is 1. The van der Waals surface area contributed by atoms with Gasteiger partial charge in [0.1, 0.15) is 0 Å². The number of tetrazole rings is 1. The molecule has 3 aromatic rings. The molecule has 22 heavy (non-hydrogen) atoms. The minimum absolute atomic E-state index is 0.155. The third kappa shape index (κ3) is 3.00. The second-order valence-corrected chi connectivity index (χ2v) is 6.66. The predicted octanol–water partition coefficient (Wildman–Crippen LogP) is 4.48. The molecular weight excluding hydrogens is 316 g/mol. The Morgan fingerprint density at radius 1 is 1.09 bits per heavy atom. The number of hydrogen-bond donors (Lipinski definition) is 0. The van der Waals surface area contributed by atoms with Crippen LogP contribution in [0.5, 0.6) is 0 Å². The van der Waals surface area contributed by atoms with Gasteiger partial charge in [-0.2, -0.15) is 4.68 Å². The van der Waals surface area contributed by atoms with E-state index in [2.05, 4.69) is 22.4 Å². The number of thioether (sulfide) groups is 1. The lowest BCUT2D eigenvalue weighted by Gasteiger charge is -2.13. The highest BCUT2D eigenvalue weighted by atomic mass is 35.5. The molecule has 0 spiro atoms. The molecule has 1 aromatic heterocycles. The van der Waals surface area contributed by atoms with E-state index >= 15 is 0 Å². The molecule has 0 amide bonds. The third-order valence-corrected chi connectivity index (χ3v) is 4.83. The predicted molar refractivity (Wildman–Crippen MR) is 89.6 cm³/mol. The summed E-state index contributed by atoms with van der Waals surface area (Å²) in [5.41, 5.74) is 3.19. The van der Waals surface area contributed by atoms with Gasteiger partial charge in [0.25, 0.3) is 0 Å². The van der Waals surface area contributed by atoms with Crippen molar-refractivity contribution in [2.45, 2.75) is 24.3 Å². The average Bonchev–Trinajstić information content (AvgIpc) is 2.96. The number of aromatic nitrogens is 4. The number of hydrogen-bond acceptors (Lipinski definition) is 4. The molecule has 2 aromatic carbocycles. The molecule has 0 unspecified atom stereocenters. The van der Waals surface area contributed by atoms with E-state index in [-0.39, 0.29) is 5.25 Å². The number of para-hydroxylation sites is 1. The van der Waals surface area contributed by atoms with Crippen molar-refractivity contribution in [3.05, 3.63) is 64.7 Å². The second kappa shape index (κ2) is 6.50. The molecule has 112 valence electrons. The molecule has 6 heteroatoms. The first-order valence-electron chi connectivity index (χ1n) is 6.92. The van der Waals surface area contributed by atoms with E-state index < -0.39 is 0 Å². The Labute approximate surface area is 138 Å². The standard InChI is InChI=1S/C16H15ClN4S/c1-11-7-3-6-10-15(11)21-16(18-19-20-21)22-12(2)13-8-4-5-9-14(13)17/h3-10,12H,1-2H3/t12-/m1/s1. The maximum atomic E-state index is 6.27. The summed E-state index contributed by atoms with van der Waals surface area (Å²) >= 11 is 7.86. The molecule has 0 saturated carbocycles. The highest BCUT2D eigenvalue weighted by Gasteiger charge is 2.17. The Morgan fingerprint density at radius 3 is 2.59 bits per heavy atom. The van der Waals surface area contributed by atoms with Gasteiger partial charge in [-0.1, -0.05) is 59.8 Å². The average molecular weight is 331 g/mol. The van der Waals surface area contributed by atoms with Crippen LogP contribution in [0.25, 0.3) is 5.69 Å². The van der Waals surface area contributed by atoms with Crippen LogP contribution in [0.2, 0.25) is 5.02 Å². The van der Waals surface area contributed by atoms with Crippen LogP contribution in [0.15, 0.2) is 53.7 Å². The van der Waals surface area contributed by atoms with Crippen molar-refractivity contribution in [1.29, 1.82) is 0 Å². The van der Waals surface area contributed by atoms with Gasteiger partial charge in [-0.15, -0.1) is 5.10 Å². The minimum Gasteiger partial charge on any atom is -0.187 e. The number of rotatable bonds is 4. The van der Waals surface area contributed by atoms with Crippen molar-refractivity contribution in [3.63, 3.8) is 0 Å². The molecule has 0 saturated heterocycles. The largest absolute Gasteiger partial charge is 0.214 e. The Kier molecular flexibility index (Phi) is 4.45. The SMILES string of the molecule is Cc1ccccc1-n1nnnc1S[C@H](C)c1ccccc1Cl. The third-order valence-electron chi connectivity index (χ3n) is 3.41. The van der Waals surface area contributed by atoms with Crippen LogP contribution in [-0.4, -0.2) is 20.2 Å². The van der Waals surface area contributed by atoms with Gasteiger partial charge in [-0.3, -0.25) is 0 Å². The van der Waals surface area contributed by atoms with Crippen LogP contribution in [0, 0.1) is 6.92 Å². The van der Waals surface area contributed by atoms with E-state index in [0.29, 0.717) is 0 Å². The zero-order valence-electron chi connectivity index (χ0n) is 12.3. The zero-order chi connectivity index (χ0) is 15.5. The quantitative estimate of drug-likeness (QED) is 0.662. The summed E-state index contributed by atoms with van der Waals surface area (Å²) in [6.07, 6.45) is 0. The van der Waals surface area contributed by atoms with Gasteiger partial charge in [0.15, 0.2) is 0 Å². The van der Waals surface area contributed by atoms with Gasteiger partial charge >= 0.3 is 0 Å². The van der Waals surface area contributed by atoms with Crippen molar-refractivity contribution < 1.29 is 0 Å². The molecule has 1 heterocycles. The van der Waals surface area contributed by atoms with Crippen molar-refractivity contribution in [3.8, 4) is 5.69 Å². The first-order valence-corrected chi connectivity index (χ1v) is 8.18. The fraction of sp³-hybridized carbons (Fsp3) is 0.188. The Balaban J connectivity index is 1.90. The van der Waals surface area contributed by atoms with Gasteiger partial charge in [0.05, 0.1) is 5.69 Å². The molecule has 4 nitrogen and oxygen atoms in total. The van der Waals surface area contributed by atoms with Gasteiger partial charge in [-0.05, 0) is 47.5 Å². The van der Waals surface area contributed by atoms with Crippen LogP contribution in [-0.2, 0) is 0 Å². The van der Waals surface area contributed by atoms with Crippen LogP contribution in [0.3, 0.4) is 0 Å². The lowest BCUT2D eigenvalue weighted by molar-refractivity contribution is 0.750. The van der Waals surface area contributed by atoms with Gasteiger partial charge in [-0.25, -0.2) is 0 Å². The summed E-state index contributed by atoms with van der Waals surface area (Å²) in [5, 5.41) is 13.8. The van der Waals surface area contributed by atoms with Crippen LogP contribution >= 0.6 is 23.4 Å². The monoisotopic (exact) mass is 330 g/mol. The van der Waals surface area contributed by atoms with E-state index in [1.807, 2.05) is 55.5 Å². The molecular formula is C16H15ClN4S. The van der Waals surface area contributed by atoms with E-state index in [9.17, 15) is 0 Å². The Hall–Kier alpha value is -1.85. The fourth-order valence-electron chi connectivity index (χ4n) is 2.23. The molecule has 0 aliphatic rings. The minimum atomic E-state index is 0.155. The van der Waals surface area contributed by atoms with E-state index in [4.69, 9.17) is 11.6 Å². The molecule has 1 atom stereocenters. The molecule has 0 bridgehead atoms. The van der Waals surface area contributed by atoms with E-state index in [0.717, 1.165) is 27.0 Å². The van der Waals surface area contributed by atoms with Crippen molar-refractivity contribution in [1.82, 2.24) is 20.2 Å². The summed E-state index contributed by atoms with van der Waals surface area (Å²) in [6, 6.07) is 15.9. The molecule has 0 radical (unpaired) electrons. The Bertz CT molecular complexity index is 787. The van der Waals surface area contributed by atoms with Crippen molar-refractivity contribution in [2.24, 2.45) is 0 Å². The highest BCUT2D eigenvalue weighted by Crippen LogP contribution is 2.37. The Morgan fingerprint density at radius 2 is 1.82 bits per heavy atom. The van der Waals surface area contributed by atoms with E-state index in [1.165, 1.54) is 0 Å². The van der Waals surface area contributed by atoms with Gasteiger partial charge in [0, 0.05) is 10.3 Å². The lowest BCUT2D eigenvalue weighted by Crippen LogP contribution is -2.02. The van der Waals surface area contributed by atoms with Crippen molar-refractivity contribution >= 4 is 23.4 Å². The normalized spacial score (nSPS) is 12.3. The molecule has 0 aliphatic heterocycles. The number of nitrogens with zero attached hydrogens (tertiary/aromatic N) is 4. The summed E-state index contributed by atoms with van der Waals surface area (Å²) in [6.45, 7) is 4.14. The van der Waals surface area contributed by atoms with Crippen LogP contribution < -0.4 is 0 Å². The molecule has 3 rings (SSSR count). The summed E-state index contributed by atoms with van der Waals surface area (Å²) in [4.78, 5) is 0. The van der Waals surface area contributed by atoms with Crippen LogP contribution in [0.1, 0.15) is 23.3 Å². The molecule has 0 aliphatic carbocycles. The number of aryl methyl sites for hydroxylation is 1. The first-order chi connectivity index (χ1) is 10.7. The lowest BCUT2D eigenvalue weighted by atomic mass is 10.2. The van der Waals surface area contributed by atoms with Crippen molar-refractivity contribution in [2.75, 3.05) is 0 Å². The zero-order valence-corrected chi connectivity index (χ0v) is 13.8. The van der Waals surface area contributed by atoms with E-state index in [1.54, 1.807) is 16.4 Å². The molecule has 0 N–H and O–H groups in total.